The van der Waals surface area contributed by atoms with Gasteiger partial charge in [0.25, 0.3) is 0 Å². The molecule has 0 N–H and O–H groups in total. The minimum absolute atomic E-state index is 0.00239. The monoisotopic (exact) mass is 190 g/mol. The smallest absolute Gasteiger partial charge is 0.311 e. The molecule has 0 aliphatic heterocycles. The number of hydrogen-bond donors (Lipinski definition) is 0. The lowest BCUT2D eigenvalue weighted by Crippen LogP contribution is -2.10. The fourth-order valence-electron chi connectivity index (χ4n) is 0.485. The topological polar surface area (TPSA) is 44.8 Å². The van der Waals surface area contributed by atoms with E-state index in [-0.39, 0.29) is 19.2 Å². The summed E-state index contributed by atoms with van der Waals surface area (Å²) in [6.07, 6.45) is 1.71. The van der Waals surface area contributed by atoms with E-state index in [4.69, 9.17) is 9.16 Å². The normalized spacial score (nSPS) is 9.67. The van der Waals surface area contributed by atoms with Crippen molar-refractivity contribution in [2.45, 2.75) is 6.42 Å². The Hall–Kier alpha value is -0.653. The zero-order valence-corrected chi connectivity index (χ0v) is 9.25. The van der Waals surface area contributed by atoms with E-state index in [2.05, 4.69) is 11.3 Å². The maximum absolute atomic E-state index is 10.7. The SMILES string of the molecule is C=CCC(=O)OCOCCO[SiH3]. The molecule has 0 aromatic carbocycles. The summed E-state index contributed by atoms with van der Waals surface area (Å²) >= 11 is 0. The van der Waals surface area contributed by atoms with Crippen LogP contribution in [0.15, 0.2) is 12.7 Å². The number of esters is 1. The van der Waals surface area contributed by atoms with Crippen LogP contribution in [-0.2, 0) is 18.7 Å². The summed E-state index contributed by atoms with van der Waals surface area (Å²) in [5, 5.41) is 0. The Balaban J connectivity index is 3.08. The Morgan fingerprint density at radius 1 is 1.50 bits per heavy atom. The van der Waals surface area contributed by atoms with Gasteiger partial charge in [0.15, 0.2) is 6.79 Å². The van der Waals surface area contributed by atoms with E-state index in [1.807, 2.05) is 0 Å². The minimum Gasteiger partial charge on any atom is -0.438 e. The van der Waals surface area contributed by atoms with Crippen molar-refractivity contribution in [3.63, 3.8) is 0 Å². The highest BCUT2D eigenvalue weighted by molar-refractivity contribution is 5.97. The van der Waals surface area contributed by atoms with E-state index >= 15 is 0 Å². The van der Waals surface area contributed by atoms with Gasteiger partial charge in [0, 0.05) is 0 Å². The lowest BCUT2D eigenvalue weighted by atomic mass is 10.4. The van der Waals surface area contributed by atoms with Gasteiger partial charge in [-0.2, -0.15) is 0 Å². The molecule has 70 valence electrons. The van der Waals surface area contributed by atoms with Gasteiger partial charge in [0.2, 0.25) is 0 Å². The summed E-state index contributed by atoms with van der Waals surface area (Å²) in [6.45, 7) is 4.42. The van der Waals surface area contributed by atoms with Crippen LogP contribution in [0.5, 0.6) is 0 Å². The average molecular weight is 190 g/mol. The molecule has 0 saturated carbocycles. The molecule has 0 bridgehead atoms. The zero-order chi connectivity index (χ0) is 9.23. The van der Waals surface area contributed by atoms with Crippen molar-refractivity contribution in [2.75, 3.05) is 20.0 Å². The second kappa shape index (κ2) is 8.44. The highest BCUT2D eigenvalue weighted by Crippen LogP contribution is 1.87. The standard InChI is InChI=1S/C7H14O4Si/c1-2-3-7(8)10-6-9-4-5-11-12/h2H,1,3-6H2,12H3. The largest absolute Gasteiger partial charge is 0.438 e. The zero-order valence-electron chi connectivity index (χ0n) is 7.25. The van der Waals surface area contributed by atoms with Crippen molar-refractivity contribution in [3.05, 3.63) is 12.7 Å². The number of ether oxygens (including phenoxy) is 2. The van der Waals surface area contributed by atoms with Crippen molar-refractivity contribution >= 4 is 16.5 Å². The molecule has 0 atom stereocenters. The molecule has 0 heterocycles. The third kappa shape index (κ3) is 7.45. The summed E-state index contributed by atoms with van der Waals surface area (Å²) in [7, 11) is 0.704. The van der Waals surface area contributed by atoms with Gasteiger partial charge in [-0.3, -0.25) is 4.79 Å². The van der Waals surface area contributed by atoms with Gasteiger partial charge in [-0.05, 0) is 0 Å². The Morgan fingerprint density at radius 2 is 2.25 bits per heavy atom. The summed E-state index contributed by atoms with van der Waals surface area (Å²) in [4.78, 5) is 10.7. The van der Waals surface area contributed by atoms with Crippen LogP contribution in [0.4, 0.5) is 0 Å². The second-order valence-corrected chi connectivity index (χ2v) is 2.61. The molecule has 0 spiro atoms. The molecule has 4 nitrogen and oxygen atoms in total. The molecular weight excluding hydrogens is 176 g/mol. The predicted octanol–water partition coefficient (Wildman–Crippen LogP) is -0.623. The second-order valence-electron chi connectivity index (χ2n) is 2.03. The molecule has 0 aromatic rings. The Morgan fingerprint density at radius 3 is 2.83 bits per heavy atom. The van der Waals surface area contributed by atoms with Gasteiger partial charge < -0.3 is 13.9 Å². The Kier molecular flexibility index (Phi) is 7.98. The van der Waals surface area contributed by atoms with Crippen LogP contribution in [0.1, 0.15) is 6.42 Å². The number of carbonyl (C=O) groups excluding carboxylic acids is 1. The molecule has 0 unspecified atom stereocenters. The van der Waals surface area contributed by atoms with Crippen molar-refractivity contribution in [1.29, 1.82) is 0 Å². The number of carbonyl (C=O) groups is 1. The van der Waals surface area contributed by atoms with Crippen LogP contribution >= 0.6 is 0 Å². The molecule has 0 radical (unpaired) electrons. The number of hydrogen-bond acceptors (Lipinski definition) is 4. The third-order valence-corrected chi connectivity index (χ3v) is 1.45. The molecule has 0 saturated heterocycles. The highest BCUT2D eigenvalue weighted by atomic mass is 28.2. The molecule has 0 aliphatic rings. The fourth-order valence-corrected chi connectivity index (χ4v) is 0.652. The quantitative estimate of drug-likeness (QED) is 0.176. The first-order chi connectivity index (χ1) is 5.81. The van der Waals surface area contributed by atoms with E-state index in [0.29, 0.717) is 23.7 Å². The van der Waals surface area contributed by atoms with Gasteiger partial charge in [-0.25, -0.2) is 0 Å². The summed E-state index contributed by atoms with van der Waals surface area (Å²) in [6, 6.07) is 0. The summed E-state index contributed by atoms with van der Waals surface area (Å²) in [5.74, 6) is -0.322. The van der Waals surface area contributed by atoms with E-state index in [1.165, 1.54) is 6.08 Å². The molecule has 0 fully saturated rings. The predicted molar refractivity (Wildman–Crippen MR) is 47.6 cm³/mol. The average Bonchev–Trinajstić information content (AvgIpc) is 2.05. The molecule has 0 aromatic heterocycles. The Bertz CT molecular complexity index is 137. The maximum atomic E-state index is 10.7. The first-order valence-electron chi connectivity index (χ1n) is 3.64. The summed E-state index contributed by atoms with van der Waals surface area (Å²) < 4.78 is 14.4. The van der Waals surface area contributed by atoms with E-state index in [1.54, 1.807) is 0 Å². The fraction of sp³-hybridized carbons (Fsp3) is 0.571. The Labute approximate surface area is 75.0 Å². The molecule has 0 aliphatic carbocycles. The number of rotatable bonds is 7. The minimum atomic E-state index is -0.322. The van der Waals surface area contributed by atoms with Crippen LogP contribution in [0.25, 0.3) is 0 Å². The third-order valence-electron chi connectivity index (χ3n) is 1.05. The summed E-state index contributed by atoms with van der Waals surface area (Å²) in [5.41, 5.74) is 0. The van der Waals surface area contributed by atoms with E-state index < -0.39 is 0 Å². The molecular formula is C7H14O4Si. The molecule has 12 heavy (non-hydrogen) atoms. The van der Waals surface area contributed by atoms with Gasteiger partial charge in [-0.1, -0.05) is 6.08 Å². The van der Waals surface area contributed by atoms with Gasteiger partial charge in [-0.15, -0.1) is 6.58 Å². The first kappa shape index (κ1) is 11.3. The highest BCUT2D eigenvalue weighted by Gasteiger charge is 1.97. The van der Waals surface area contributed by atoms with Crippen LogP contribution in [0.3, 0.4) is 0 Å². The molecule has 0 rings (SSSR count). The van der Waals surface area contributed by atoms with Crippen molar-refractivity contribution in [1.82, 2.24) is 0 Å². The first-order valence-corrected chi connectivity index (χ1v) is 4.46. The van der Waals surface area contributed by atoms with Gasteiger partial charge >= 0.3 is 5.97 Å². The van der Waals surface area contributed by atoms with Crippen LogP contribution in [-0.4, -0.2) is 36.5 Å². The lowest BCUT2D eigenvalue weighted by Gasteiger charge is -2.03. The van der Waals surface area contributed by atoms with Crippen molar-refractivity contribution in [2.24, 2.45) is 0 Å². The van der Waals surface area contributed by atoms with Crippen LogP contribution in [0.2, 0.25) is 0 Å². The van der Waals surface area contributed by atoms with Gasteiger partial charge in [0.1, 0.15) is 10.5 Å². The maximum Gasteiger partial charge on any atom is 0.311 e. The lowest BCUT2D eigenvalue weighted by molar-refractivity contribution is -0.155. The van der Waals surface area contributed by atoms with E-state index in [9.17, 15) is 4.79 Å². The van der Waals surface area contributed by atoms with Crippen molar-refractivity contribution in [3.8, 4) is 0 Å². The van der Waals surface area contributed by atoms with Crippen molar-refractivity contribution < 1.29 is 18.7 Å². The van der Waals surface area contributed by atoms with E-state index in [0.717, 1.165) is 0 Å². The van der Waals surface area contributed by atoms with Gasteiger partial charge in [0.05, 0.1) is 19.6 Å². The van der Waals surface area contributed by atoms with Crippen LogP contribution < -0.4 is 0 Å². The molecule has 5 heteroatoms. The van der Waals surface area contributed by atoms with Crippen LogP contribution in [0, 0.1) is 0 Å². The molecule has 0 amide bonds.